The predicted molar refractivity (Wildman–Crippen MR) is 118 cm³/mol. The molecule has 2 rings (SSSR count). The normalized spacial score (nSPS) is 18.1. The molecule has 1 atom stereocenters. The second-order valence-electron chi connectivity index (χ2n) is 6.90. The molecule has 0 radical (unpaired) electrons. The molecule has 6 N–H and O–H groups in total. The van der Waals surface area contributed by atoms with Gasteiger partial charge in [-0.1, -0.05) is 6.58 Å². The Bertz CT molecular complexity index is 877. The van der Waals surface area contributed by atoms with E-state index in [0.29, 0.717) is 41.6 Å². The van der Waals surface area contributed by atoms with E-state index in [2.05, 4.69) is 21.9 Å². The van der Waals surface area contributed by atoms with E-state index in [1.54, 1.807) is 6.07 Å². The number of nitrogens with two attached hydrogens (primary N) is 2. The molecular formula is C21H28F2N6O2. The standard InChI is InChI=1S/C21H28F2N6O2/c1-13(7-19(26)29-14(2)21(22)23)28-20-8-18(17(11-27-20)15(9-24)10-25)31-12-16-5-3-4-6-30-16/h7-11,16,21,24H,1,3-6,12,25-26H2,2H3,(H,27,28)/b15-10+,19-7-,24-9?,29-14+. The average Bonchev–Trinajstić information content (AvgIpc) is 2.74. The van der Waals surface area contributed by atoms with Crippen LogP contribution in [0.15, 0.2) is 47.6 Å². The molecule has 0 saturated carbocycles. The molecule has 2 heterocycles. The monoisotopic (exact) mass is 434 g/mol. The number of nitrogens with one attached hydrogen (secondary N) is 2. The van der Waals surface area contributed by atoms with E-state index in [9.17, 15) is 8.78 Å². The third-order valence-electron chi connectivity index (χ3n) is 4.44. The summed E-state index contributed by atoms with van der Waals surface area (Å²) in [6, 6.07) is 1.63. The lowest BCUT2D eigenvalue weighted by Crippen LogP contribution is -2.26. The average molecular weight is 434 g/mol. The maximum Gasteiger partial charge on any atom is 0.276 e. The number of rotatable bonds is 10. The van der Waals surface area contributed by atoms with Crippen LogP contribution in [0.1, 0.15) is 31.7 Å². The van der Waals surface area contributed by atoms with Gasteiger partial charge in [0.25, 0.3) is 6.43 Å². The summed E-state index contributed by atoms with van der Waals surface area (Å²) in [5.74, 6) is 0.728. The van der Waals surface area contributed by atoms with E-state index in [0.717, 1.165) is 25.5 Å². The molecule has 1 saturated heterocycles. The highest BCUT2D eigenvalue weighted by atomic mass is 19.3. The fourth-order valence-corrected chi connectivity index (χ4v) is 2.84. The number of pyridine rings is 1. The van der Waals surface area contributed by atoms with Gasteiger partial charge in [0, 0.05) is 54.2 Å². The van der Waals surface area contributed by atoms with Crippen molar-refractivity contribution < 1.29 is 18.3 Å². The zero-order valence-corrected chi connectivity index (χ0v) is 17.4. The Labute approximate surface area is 180 Å². The van der Waals surface area contributed by atoms with Crippen LogP contribution in [0.3, 0.4) is 0 Å². The molecule has 1 aromatic rings. The Hall–Kier alpha value is -3.27. The van der Waals surface area contributed by atoms with E-state index < -0.39 is 12.1 Å². The van der Waals surface area contributed by atoms with Crippen molar-refractivity contribution in [2.45, 2.75) is 38.7 Å². The van der Waals surface area contributed by atoms with Crippen LogP contribution >= 0.6 is 0 Å². The summed E-state index contributed by atoms with van der Waals surface area (Å²) in [6.45, 7) is 6.03. The van der Waals surface area contributed by atoms with Gasteiger partial charge in [-0.3, -0.25) is 0 Å². The summed E-state index contributed by atoms with van der Waals surface area (Å²) in [5, 5.41) is 10.5. The number of hydrogen-bond acceptors (Lipinski definition) is 8. The van der Waals surface area contributed by atoms with Gasteiger partial charge in [0.05, 0.1) is 11.8 Å². The van der Waals surface area contributed by atoms with Crippen molar-refractivity contribution in [1.82, 2.24) is 4.98 Å². The van der Waals surface area contributed by atoms with Crippen LogP contribution in [0, 0.1) is 5.41 Å². The van der Waals surface area contributed by atoms with Crippen molar-refractivity contribution in [3.8, 4) is 5.75 Å². The molecule has 168 valence electrons. The largest absolute Gasteiger partial charge is 0.490 e. The second-order valence-corrected chi connectivity index (χ2v) is 6.90. The zero-order chi connectivity index (χ0) is 22.8. The first-order chi connectivity index (χ1) is 14.8. The highest BCUT2D eigenvalue weighted by Crippen LogP contribution is 2.28. The van der Waals surface area contributed by atoms with Gasteiger partial charge in [0.1, 0.15) is 24.0 Å². The number of aliphatic imine (C=N–C) groups is 1. The van der Waals surface area contributed by atoms with E-state index in [1.165, 1.54) is 25.4 Å². The number of ether oxygens (including phenoxy) is 2. The minimum Gasteiger partial charge on any atom is -0.490 e. The highest BCUT2D eigenvalue weighted by molar-refractivity contribution is 6.09. The maximum atomic E-state index is 12.6. The van der Waals surface area contributed by atoms with Gasteiger partial charge in [0.15, 0.2) is 0 Å². The van der Waals surface area contributed by atoms with E-state index in [4.69, 9.17) is 26.4 Å². The number of halogens is 2. The second kappa shape index (κ2) is 11.8. The summed E-state index contributed by atoms with van der Waals surface area (Å²) < 4.78 is 36.8. The van der Waals surface area contributed by atoms with Gasteiger partial charge in [-0.25, -0.2) is 18.8 Å². The molecule has 0 aliphatic carbocycles. The molecular weight excluding hydrogens is 406 g/mol. The summed E-state index contributed by atoms with van der Waals surface area (Å²) in [4.78, 5) is 7.89. The Kier molecular flexibility index (Phi) is 9.13. The highest BCUT2D eigenvalue weighted by Gasteiger charge is 2.17. The molecule has 31 heavy (non-hydrogen) atoms. The number of anilines is 1. The number of hydrogen-bond donors (Lipinski definition) is 4. The van der Waals surface area contributed by atoms with E-state index in [-0.39, 0.29) is 11.9 Å². The van der Waals surface area contributed by atoms with E-state index >= 15 is 0 Å². The van der Waals surface area contributed by atoms with Crippen LogP contribution in [-0.4, -0.2) is 42.7 Å². The minimum absolute atomic E-state index is 0.00917. The van der Waals surface area contributed by atoms with Crippen molar-refractivity contribution >= 4 is 23.3 Å². The van der Waals surface area contributed by atoms with Gasteiger partial charge in [0.2, 0.25) is 0 Å². The molecule has 1 fully saturated rings. The van der Waals surface area contributed by atoms with Crippen LogP contribution < -0.4 is 21.5 Å². The molecule has 1 aliphatic heterocycles. The topological polar surface area (TPSA) is 132 Å². The molecule has 0 aromatic carbocycles. The van der Waals surface area contributed by atoms with Gasteiger partial charge in [-0.05, 0) is 26.2 Å². The van der Waals surface area contributed by atoms with Gasteiger partial charge in [-0.15, -0.1) is 0 Å². The summed E-state index contributed by atoms with van der Waals surface area (Å²) >= 11 is 0. The lowest BCUT2D eigenvalue weighted by molar-refractivity contribution is -0.0111. The molecule has 0 spiro atoms. The van der Waals surface area contributed by atoms with Crippen molar-refractivity contribution in [2.75, 3.05) is 18.5 Å². The van der Waals surface area contributed by atoms with Gasteiger partial charge < -0.3 is 31.7 Å². The number of allylic oxidation sites excluding steroid dienone is 2. The Morgan fingerprint density at radius 3 is 2.90 bits per heavy atom. The number of alkyl halides is 2. The SMILES string of the molecule is C=C(/C=C(N)\N=C(/C)C(F)F)Nc1cc(OCC2CCCCO2)c(/C(C=N)=C/N)cn1. The lowest BCUT2D eigenvalue weighted by atomic mass is 10.1. The maximum absolute atomic E-state index is 12.6. The Morgan fingerprint density at radius 1 is 1.52 bits per heavy atom. The van der Waals surface area contributed by atoms with Crippen molar-refractivity contribution in [3.05, 3.63) is 48.2 Å². The van der Waals surface area contributed by atoms with Gasteiger partial charge in [-0.2, -0.15) is 0 Å². The zero-order valence-electron chi connectivity index (χ0n) is 17.4. The first kappa shape index (κ1) is 24.0. The van der Waals surface area contributed by atoms with E-state index in [1.807, 2.05) is 0 Å². The molecule has 1 aliphatic rings. The first-order valence-corrected chi connectivity index (χ1v) is 9.77. The van der Waals surface area contributed by atoms with Crippen molar-refractivity contribution in [2.24, 2.45) is 16.5 Å². The Morgan fingerprint density at radius 2 is 2.29 bits per heavy atom. The van der Waals surface area contributed by atoms with Crippen LogP contribution in [0.4, 0.5) is 14.6 Å². The third kappa shape index (κ3) is 7.49. The fraction of sp³-hybridized carbons (Fsp3) is 0.381. The molecule has 0 bridgehead atoms. The first-order valence-electron chi connectivity index (χ1n) is 9.77. The number of aromatic nitrogens is 1. The van der Waals surface area contributed by atoms with Crippen LogP contribution in [-0.2, 0) is 4.74 Å². The molecule has 1 aromatic heterocycles. The van der Waals surface area contributed by atoms with Crippen LogP contribution in [0.5, 0.6) is 5.75 Å². The summed E-state index contributed by atoms with van der Waals surface area (Å²) in [6.07, 6.45) is 5.59. The summed E-state index contributed by atoms with van der Waals surface area (Å²) in [5.41, 5.74) is 12.2. The Balaban J connectivity index is 2.18. The molecule has 8 nitrogen and oxygen atoms in total. The van der Waals surface area contributed by atoms with Crippen molar-refractivity contribution in [1.29, 1.82) is 5.41 Å². The molecule has 0 amide bonds. The smallest absolute Gasteiger partial charge is 0.276 e. The van der Waals surface area contributed by atoms with Crippen LogP contribution in [0.25, 0.3) is 5.57 Å². The molecule has 1 unspecified atom stereocenters. The third-order valence-corrected chi connectivity index (χ3v) is 4.44. The fourth-order valence-electron chi connectivity index (χ4n) is 2.84. The summed E-state index contributed by atoms with van der Waals surface area (Å²) in [7, 11) is 0. The predicted octanol–water partition coefficient (Wildman–Crippen LogP) is 3.43. The minimum atomic E-state index is -2.69. The quantitative estimate of drug-likeness (QED) is 0.330. The number of nitrogens with zero attached hydrogens (tertiary/aromatic N) is 2. The van der Waals surface area contributed by atoms with Crippen LogP contribution in [0.2, 0.25) is 0 Å². The molecule has 10 heteroatoms. The van der Waals surface area contributed by atoms with Gasteiger partial charge >= 0.3 is 0 Å². The lowest BCUT2D eigenvalue weighted by Gasteiger charge is -2.23. The van der Waals surface area contributed by atoms with Crippen molar-refractivity contribution in [3.63, 3.8) is 0 Å².